The lowest BCUT2D eigenvalue weighted by molar-refractivity contribution is 0.228. The summed E-state index contributed by atoms with van der Waals surface area (Å²) in [5.41, 5.74) is 7.68. The Kier molecular flexibility index (Phi) is 5.92. The molecule has 0 amide bonds. The van der Waals surface area contributed by atoms with E-state index >= 15 is 0 Å². The Morgan fingerprint density at radius 3 is 2.33 bits per heavy atom. The van der Waals surface area contributed by atoms with Gasteiger partial charge < -0.3 is 15.2 Å². The van der Waals surface area contributed by atoms with Crippen LogP contribution in [0, 0.1) is 11.8 Å². The molecule has 2 atom stereocenters. The molecule has 0 aliphatic carbocycles. The van der Waals surface area contributed by atoms with E-state index in [2.05, 4.69) is 32.9 Å². The van der Waals surface area contributed by atoms with Crippen molar-refractivity contribution in [2.45, 2.75) is 52.5 Å². The Bertz CT molecular complexity index is 441. The number of fused-ring (bicyclic) bond motifs is 1. The fourth-order valence-corrected chi connectivity index (χ4v) is 2.99. The molecule has 1 aliphatic rings. The average molecular weight is 291 g/mol. The normalized spacial score (nSPS) is 19.4. The van der Waals surface area contributed by atoms with E-state index < -0.39 is 0 Å². The van der Waals surface area contributed by atoms with Gasteiger partial charge in [-0.3, -0.25) is 0 Å². The van der Waals surface area contributed by atoms with E-state index in [0.29, 0.717) is 25.0 Å². The first-order chi connectivity index (χ1) is 10.2. The van der Waals surface area contributed by atoms with Gasteiger partial charge in [-0.1, -0.05) is 39.7 Å². The number of hydrogen-bond acceptors (Lipinski definition) is 3. The second-order valence-electron chi connectivity index (χ2n) is 6.30. The molecule has 2 N–H and O–H groups in total. The molecule has 0 saturated carbocycles. The quantitative estimate of drug-likeness (QED) is 0.849. The van der Waals surface area contributed by atoms with Crippen LogP contribution in [0.5, 0.6) is 11.5 Å². The lowest BCUT2D eigenvalue weighted by atomic mass is 9.86. The van der Waals surface area contributed by atoms with Crippen molar-refractivity contribution in [1.29, 1.82) is 0 Å². The predicted octanol–water partition coefficient (Wildman–Crippen LogP) is 4.31. The molecule has 0 bridgehead atoms. The smallest absolute Gasteiger partial charge is 0.161 e. The number of nitrogens with two attached hydrogens (primary N) is 1. The van der Waals surface area contributed by atoms with Gasteiger partial charge in [0.1, 0.15) is 0 Å². The van der Waals surface area contributed by atoms with Crippen molar-refractivity contribution >= 4 is 0 Å². The molecule has 0 saturated heterocycles. The molecule has 1 heterocycles. The van der Waals surface area contributed by atoms with Gasteiger partial charge in [0.2, 0.25) is 0 Å². The summed E-state index contributed by atoms with van der Waals surface area (Å²) < 4.78 is 11.7. The van der Waals surface area contributed by atoms with Crippen LogP contribution in [0.4, 0.5) is 0 Å². The predicted molar refractivity (Wildman–Crippen MR) is 86.8 cm³/mol. The van der Waals surface area contributed by atoms with E-state index in [1.807, 2.05) is 6.07 Å². The first-order valence-corrected chi connectivity index (χ1v) is 8.30. The van der Waals surface area contributed by atoms with Gasteiger partial charge in [-0.05, 0) is 36.5 Å². The minimum atomic E-state index is 0.0828. The van der Waals surface area contributed by atoms with Crippen molar-refractivity contribution in [2.24, 2.45) is 17.6 Å². The third-order valence-electron chi connectivity index (χ3n) is 4.23. The lowest BCUT2D eigenvalue weighted by Gasteiger charge is -2.24. The summed E-state index contributed by atoms with van der Waals surface area (Å²) in [6.07, 6.45) is 4.72. The molecule has 2 rings (SSSR count). The third kappa shape index (κ3) is 4.13. The van der Waals surface area contributed by atoms with Crippen LogP contribution in [0.15, 0.2) is 18.2 Å². The Balaban J connectivity index is 2.16. The monoisotopic (exact) mass is 291 g/mol. The maximum absolute atomic E-state index is 6.51. The first kappa shape index (κ1) is 16.2. The summed E-state index contributed by atoms with van der Waals surface area (Å²) in [7, 11) is 0. The molecule has 0 radical (unpaired) electrons. The molecule has 21 heavy (non-hydrogen) atoms. The van der Waals surface area contributed by atoms with Gasteiger partial charge in [0, 0.05) is 12.0 Å². The average Bonchev–Trinajstić information content (AvgIpc) is 2.68. The van der Waals surface area contributed by atoms with Crippen LogP contribution in [0.25, 0.3) is 0 Å². The molecule has 3 heteroatoms. The minimum absolute atomic E-state index is 0.0828. The van der Waals surface area contributed by atoms with E-state index in [4.69, 9.17) is 15.2 Å². The highest BCUT2D eigenvalue weighted by Crippen LogP contribution is 2.35. The van der Waals surface area contributed by atoms with Crippen LogP contribution in [0.3, 0.4) is 0 Å². The van der Waals surface area contributed by atoms with E-state index in [0.717, 1.165) is 11.5 Å². The largest absolute Gasteiger partial charge is 0.489 e. The van der Waals surface area contributed by atoms with E-state index in [1.54, 1.807) is 0 Å². The Morgan fingerprint density at radius 1 is 1.10 bits per heavy atom. The number of benzene rings is 1. The summed E-state index contributed by atoms with van der Waals surface area (Å²) in [5.74, 6) is 2.66. The highest BCUT2D eigenvalue weighted by atomic mass is 16.5. The molecule has 1 aromatic carbocycles. The van der Waals surface area contributed by atoms with Crippen LogP contribution >= 0.6 is 0 Å². The fraction of sp³-hybridized carbons (Fsp3) is 0.667. The zero-order chi connectivity index (χ0) is 15.2. The summed E-state index contributed by atoms with van der Waals surface area (Å²) in [5, 5.41) is 0. The van der Waals surface area contributed by atoms with E-state index in [9.17, 15) is 0 Å². The maximum atomic E-state index is 6.51. The van der Waals surface area contributed by atoms with Crippen molar-refractivity contribution in [2.75, 3.05) is 13.2 Å². The molecule has 1 aromatic rings. The van der Waals surface area contributed by atoms with Crippen LogP contribution in [-0.4, -0.2) is 13.2 Å². The molecule has 3 nitrogen and oxygen atoms in total. The van der Waals surface area contributed by atoms with Gasteiger partial charge >= 0.3 is 0 Å². The van der Waals surface area contributed by atoms with Crippen molar-refractivity contribution in [3.63, 3.8) is 0 Å². The molecular weight excluding hydrogens is 262 g/mol. The minimum Gasteiger partial charge on any atom is -0.489 e. The highest BCUT2D eigenvalue weighted by Gasteiger charge is 2.21. The molecule has 2 unspecified atom stereocenters. The Morgan fingerprint density at radius 2 is 1.71 bits per heavy atom. The van der Waals surface area contributed by atoms with Crippen molar-refractivity contribution in [3.05, 3.63) is 23.8 Å². The fourth-order valence-electron chi connectivity index (χ4n) is 2.99. The number of hydrogen-bond donors (Lipinski definition) is 1. The van der Waals surface area contributed by atoms with E-state index in [1.165, 1.54) is 31.2 Å². The second-order valence-corrected chi connectivity index (χ2v) is 6.30. The molecule has 118 valence electrons. The van der Waals surface area contributed by atoms with Crippen LogP contribution in [0.1, 0.15) is 58.1 Å². The Labute approximate surface area is 128 Å². The van der Waals surface area contributed by atoms with Crippen molar-refractivity contribution in [1.82, 2.24) is 0 Å². The van der Waals surface area contributed by atoms with E-state index in [-0.39, 0.29) is 6.04 Å². The van der Waals surface area contributed by atoms with Crippen LogP contribution < -0.4 is 15.2 Å². The SMILES string of the molecule is CCCC(CCC)C(N)c1ccc2c(c1)OCC(C)CO2. The van der Waals surface area contributed by atoms with Gasteiger partial charge in [0.25, 0.3) is 0 Å². The zero-order valence-electron chi connectivity index (χ0n) is 13.6. The van der Waals surface area contributed by atoms with Crippen molar-refractivity contribution in [3.8, 4) is 11.5 Å². The molecular formula is C18H29NO2. The highest BCUT2D eigenvalue weighted by molar-refractivity contribution is 5.44. The molecule has 0 fully saturated rings. The zero-order valence-corrected chi connectivity index (χ0v) is 13.6. The van der Waals surface area contributed by atoms with Gasteiger partial charge in [-0.2, -0.15) is 0 Å². The first-order valence-electron chi connectivity index (χ1n) is 8.30. The summed E-state index contributed by atoms with van der Waals surface area (Å²) >= 11 is 0. The maximum Gasteiger partial charge on any atom is 0.161 e. The summed E-state index contributed by atoms with van der Waals surface area (Å²) in [6, 6.07) is 6.27. The lowest BCUT2D eigenvalue weighted by Crippen LogP contribution is -2.21. The van der Waals surface area contributed by atoms with Gasteiger partial charge in [0.05, 0.1) is 13.2 Å². The summed E-state index contributed by atoms with van der Waals surface area (Å²) in [6.45, 7) is 8.01. The number of rotatable bonds is 6. The topological polar surface area (TPSA) is 44.5 Å². The number of ether oxygens (including phenoxy) is 2. The van der Waals surface area contributed by atoms with Gasteiger partial charge in [-0.15, -0.1) is 0 Å². The molecule has 0 aromatic heterocycles. The Hall–Kier alpha value is -1.22. The second kappa shape index (κ2) is 7.69. The van der Waals surface area contributed by atoms with Crippen LogP contribution in [0.2, 0.25) is 0 Å². The standard InChI is InChI=1S/C18H29NO2/c1-4-6-14(7-5-2)18(19)15-8-9-16-17(10-15)21-12-13(3)11-20-16/h8-10,13-14,18H,4-7,11-12,19H2,1-3H3. The van der Waals surface area contributed by atoms with Crippen LogP contribution in [-0.2, 0) is 0 Å². The summed E-state index contributed by atoms with van der Waals surface area (Å²) in [4.78, 5) is 0. The third-order valence-corrected chi connectivity index (χ3v) is 4.23. The molecule has 1 aliphatic heterocycles. The van der Waals surface area contributed by atoms with Crippen molar-refractivity contribution < 1.29 is 9.47 Å². The van der Waals surface area contributed by atoms with Gasteiger partial charge in [-0.25, -0.2) is 0 Å². The van der Waals surface area contributed by atoms with Gasteiger partial charge in [0.15, 0.2) is 11.5 Å². The molecule has 0 spiro atoms.